The van der Waals surface area contributed by atoms with E-state index in [4.69, 9.17) is 23.2 Å². The second-order valence-corrected chi connectivity index (χ2v) is 8.68. The summed E-state index contributed by atoms with van der Waals surface area (Å²) in [6.45, 7) is 0. The van der Waals surface area contributed by atoms with Crippen LogP contribution in [0.4, 0.5) is 0 Å². The standard InChI is InChI=1S/C20H14Cl2N2O2S2.H3N/c21-14-7-5-12(6-8-14)17(13-9-10-27-11-13)24-20(26)18(19(25)23-24)28-16-4-2-1-3-15(16)22;/h1-11,17,26H,(H,23,25);1H3. The molecule has 29 heavy (non-hydrogen) atoms. The fraction of sp³-hybridized carbons (Fsp3) is 0.0500. The zero-order chi connectivity index (χ0) is 19.7. The fourth-order valence-electron chi connectivity index (χ4n) is 2.91. The number of aromatic amines is 1. The number of benzene rings is 2. The summed E-state index contributed by atoms with van der Waals surface area (Å²) in [5.74, 6) is -0.138. The second-order valence-electron chi connectivity index (χ2n) is 6.01. The first-order valence-corrected chi connectivity index (χ1v) is 10.8. The van der Waals surface area contributed by atoms with E-state index in [0.29, 0.717) is 14.9 Å². The Balaban J connectivity index is 0.00000240. The van der Waals surface area contributed by atoms with Crippen molar-refractivity contribution in [3.63, 3.8) is 0 Å². The number of aromatic hydroxyl groups is 1. The van der Waals surface area contributed by atoms with Crippen molar-refractivity contribution in [2.75, 3.05) is 0 Å². The molecule has 2 aromatic carbocycles. The Hall–Kier alpha value is -2.16. The third-order valence-electron chi connectivity index (χ3n) is 4.21. The Morgan fingerprint density at radius 3 is 2.41 bits per heavy atom. The highest BCUT2D eigenvalue weighted by atomic mass is 35.5. The predicted molar refractivity (Wildman–Crippen MR) is 120 cm³/mol. The largest absolute Gasteiger partial charge is 0.493 e. The predicted octanol–water partition coefficient (Wildman–Crippen LogP) is 6.20. The Bertz CT molecular complexity index is 1160. The topological polar surface area (TPSA) is 93.0 Å². The van der Waals surface area contributed by atoms with Gasteiger partial charge in [-0.05, 0) is 52.2 Å². The molecule has 0 aliphatic rings. The summed E-state index contributed by atoms with van der Waals surface area (Å²) in [4.78, 5) is 13.5. The molecule has 150 valence electrons. The maximum Gasteiger partial charge on any atom is 0.282 e. The maximum atomic E-state index is 12.6. The van der Waals surface area contributed by atoms with E-state index in [0.717, 1.165) is 22.9 Å². The Kier molecular flexibility index (Phi) is 6.77. The van der Waals surface area contributed by atoms with Crippen molar-refractivity contribution in [2.24, 2.45) is 0 Å². The molecule has 0 amide bonds. The molecular weight excluding hydrogens is 449 g/mol. The first kappa shape index (κ1) is 21.5. The van der Waals surface area contributed by atoms with E-state index in [9.17, 15) is 9.90 Å². The first-order chi connectivity index (χ1) is 13.5. The lowest BCUT2D eigenvalue weighted by atomic mass is 10.0. The molecule has 0 aliphatic heterocycles. The highest BCUT2D eigenvalue weighted by Gasteiger charge is 2.25. The van der Waals surface area contributed by atoms with E-state index in [1.165, 1.54) is 4.68 Å². The highest BCUT2D eigenvalue weighted by molar-refractivity contribution is 7.99. The lowest BCUT2D eigenvalue weighted by molar-refractivity contribution is 0.385. The molecular formula is C20H17Cl2N3O2S2. The monoisotopic (exact) mass is 465 g/mol. The third kappa shape index (κ3) is 4.39. The molecule has 0 aliphatic carbocycles. The summed E-state index contributed by atoms with van der Waals surface area (Å²) < 4.78 is 1.48. The molecule has 4 aromatic rings. The second kappa shape index (κ2) is 9.11. The lowest BCUT2D eigenvalue weighted by Crippen LogP contribution is -2.15. The molecule has 9 heteroatoms. The van der Waals surface area contributed by atoms with Crippen LogP contribution in [0.15, 0.2) is 79.9 Å². The van der Waals surface area contributed by atoms with Crippen molar-refractivity contribution in [1.29, 1.82) is 0 Å². The van der Waals surface area contributed by atoms with Gasteiger partial charge < -0.3 is 11.3 Å². The van der Waals surface area contributed by atoms with Gasteiger partial charge in [-0.15, -0.1) is 0 Å². The molecule has 0 spiro atoms. The van der Waals surface area contributed by atoms with Gasteiger partial charge in [-0.25, -0.2) is 4.68 Å². The minimum atomic E-state index is -0.392. The number of rotatable bonds is 5. The van der Waals surface area contributed by atoms with Crippen molar-refractivity contribution in [3.05, 3.63) is 96.9 Å². The van der Waals surface area contributed by atoms with Gasteiger partial charge in [0.15, 0.2) is 0 Å². The molecule has 5 N–H and O–H groups in total. The Labute approximate surface area is 185 Å². The van der Waals surface area contributed by atoms with Crippen LogP contribution in [0.1, 0.15) is 17.2 Å². The molecule has 0 fully saturated rings. The van der Waals surface area contributed by atoms with Gasteiger partial charge in [0, 0.05) is 9.92 Å². The van der Waals surface area contributed by atoms with Crippen LogP contribution >= 0.6 is 46.3 Å². The number of aromatic nitrogens is 2. The molecule has 0 saturated carbocycles. The van der Waals surface area contributed by atoms with Gasteiger partial charge in [0.2, 0.25) is 5.88 Å². The molecule has 0 bridgehead atoms. The fourth-order valence-corrected chi connectivity index (χ4v) is 4.82. The summed E-state index contributed by atoms with van der Waals surface area (Å²) in [6, 6.07) is 16.1. The first-order valence-electron chi connectivity index (χ1n) is 8.28. The molecule has 1 unspecified atom stereocenters. The average molecular weight is 466 g/mol. The van der Waals surface area contributed by atoms with Crippen LogP contribution < -0.4 is 11.7 Å². The quantitative estimate of drug-likeness (QED) is 0.326. The van der Waals surface area contributed by atoms with Gasteiger partial charge in [-0.2, -0.15) is 11.3 Å². The van der Waals surface area contributed by atoms with Crippen LogP contribution in [0.3, 0.4) is 0 Å². The van der Waals surface area contributed by atoms with E-state index in [2.05, 4.69) is 5.10 Å². The molecule has 0 radical (unpaired) electrons. The minimum Gasteiger partial charge on any atom is -0.493 e. The van der Waals surface area contributed by atoms with Gasteiger partial charge in [0.25, 0.3) is 5.56 Å². The van der Waals surface area contributed by atoms with Gasteiger partial charge in [0.1, 0.15) is 10.9 Å². The van der Waals surface area contributed by atoms with E-state index in [-0.39, 0.29) is 22.5 Å². The maximum absolute atomic E-state index is 12.6. The van der Waals surface area contributed by atoms with Gasteiger partial charge in [-0.3, -0.25) is 9.89 Å². The van der Waals surface area contributed by atoms with Crippen LogP contribution in [0, 0.1) is 0 Å². The number of thiophene rings is 1. The van der Waals surface area contributed by atoms with Gasteiger partial charge >= 0.3 is 0 Å². The smallest absolute Gasteiger partial charge is 0.282 e. The van der Waals surface area contributed by atoms with Gasteiger partial charge in [0.05, 0.1) is 5.02 Å². The minimum absolute atomic E-state index is 0. The van der Waals surface area contributed by atoms with Crippen molar-refractivity contribution >= 4 is 46.3 Å². The molecule has 1 atom stereocenters. The molecule has 4 rings (SSSR count). The summed E-state index contributed by atoms with van der Waals surface area (Å²) in [7, 11) is 0. The molecule has 5 nitrogen and oxygen atoms in total. The van der Waals surface area contributed by atoms with Gasteiger partial charge in [-0.1, -0.05) is 59.2 Å². The molecule has 0 saturated heterocycles. The van der Waals surface area contributed by atoms with E-state index in [1.807, 2.05) is 41.1 Å². The summed E-state index contributed by atoms with van der Waals surface area (Å²) >= 11 is 14.9. The normalized spacial score (nSPS) is 11.8. The van der Waals surface area contributed by atoms with Crippen LogP contribution in [0.2, 0.25) is 10.0 Å². The van der Waals surface area contributed by atoms with Crippen molar-refractivity contribution in [2.45, 2.75) is 15.8 Å². The lowest BCUT2D eigenvalue weighted by Gasteiger charge is -2.19. The van der Waals surface area contributed by atoms with Crippen molar-refractivity contribution in [3.8, 4) is 5.88 Å². The highest BCUT2D eigenvalue weighted by Crippen LogP contribution is 2.39. The Morgan fingerprint density at radius 1 is 1.03 bits per heavy atom. The van der Waals surface area contributed by atoms with E-state index in [1.54, 1.807) is 35.6 Å². The number of H-pyrrole nitrogens is 1. The molecule has 2 aromatic heterocycles. The van der Waals surface area contributed by atoms with Crippen LogP contribution in [-0.4, -0.2) is 14.9 Å². The van der Waals surface area contributed by atoms with Crippen molar-refractivity contribution in [1.82, 2.24) is 15.9 Å². The Morgan fingerprint density at radius 2 is 1.76 bits per heavy atom. The molecule has 2 heterocycles. The number of nitrogens with one attached hydrogen (secondary N) is 1. The van der Waals surface area contributed by atoms with Crippen LogP contribution in [-0.2, 0) is 0 Å². The zero-order valence-electron chi connectivity index (χ0n) is 15.0. The van der Waals surface area contributed by atoms with Crippen LogP contribution in [0.25, 0.3) is 0 Å². The number of nitrogens with zero attached hydrogens (tertiary/aromatic N) is 1. The third-order valence-corrected chi connectivity index (χ3v) is 6.75. The number of hydrogen-bond acceptors (Lipinski definition) is 5. The van der Waals surface area contributed by atoms with Crippen molar-refractivity contribution < 1.29 is 5.11 Å². The van der Waals surface area contributed by atoms with Crippen LogP contribution in [0.5, 0.6) is 5.88 Å². The number of hydrogen-bond donors (Lipinski definition) is 3. The summed E-state index contributed by atoms with van der Waals surface area (Å²) in [5.41, 5.74) is 1.46. The van der Waals surface area contributed by atoms with E-state index >= 15 is 0 Å². The number of halogens is 2. The SMILES string of the molecule is N.O=c1[nH]n(C(c2ccc(Cl)cc2)c2ccsc2)c(O)c1Sc1ccccc1Cl. The van der Waals surface area contributed by atoms with E-state index < -0.39 is 6.04 Å². The summed E-state index contributed by atoms with van der Waals surface area (Å²) in [5, 5.41) is 18.7. The summed E-state index contributed by atoms with van der Waals surface area (Å²) in [6.07, 6.45) is 0. The average Bonchev–Trinajstić information content (AvgIpc) is 3.30. The zero-order valence-corrected chi connectivity index (χ0v) is 18.2.